The first-order valence-corrected chi connectivity index (χ1v) is 8.14. The summed E-state index contributed by atoms with van der Waals surface area (Å²) < 4.78 is 0. The van der Waals surface area contributed by atoms with Gasteiger partial charge in [0, 0.05) is 11.6 Å². The number of rotatable bonds is 4. The molecule has 0 unspecified atom stereocenters. The maximum atomic E-state index is 11.5. The zero-order valence-electron chi connectivity index (χ0n) is 13.5. The molecule has 1 heterocycles. The van der Waals surface area contributed by atoms with Crippen molar-refractivity contribution in [3.8, 4) is 17.0 Å². The van der Waals surface area contributed by atoms with E-state index in [0.29, 0.717) is 11.5 Å². The Balaban J connectivity index is 2.04. The molecule has 2 aromatic rings. The van der Waals surface area contributed by atoms with Crippen molar-refractivity contribution in [3.63, 3.8) is 0 Å². The Morgan fingerprint density at radius 3 is 2.58 bits per heavy atom. The van der Waals surface area contributed by atoms with Gasteiger partial charge in [-0.1, -0.05) is 31.4 Å². The molecule has 0 amide bonds. The van der Waals surface area contributed by atoms with Gasteiger partial charge in [-0.15, -0.1) is 0 Å². The number of nitrogens with one attached hydrogen (secondary N) is 1. The van der Waals surface area contributed by atoms with E-state index in [2.05, 4.69) is 15.3 Å². The van der Waals surface area contributed by atoms with Crippen LogP contribution in [0.2, 0.25) is 0 Å². The topological polar surface area (TPSA) is 101 Å². The third kappa shape index (κ3) is 3.29. The fourth-order valence-electron chi connectivity index (χ4n) is 3.14. The van der Waals surface area contributed by atoms with Gasteiger partial charge in [0.1, 0.15) is 11.4 Å². The summed E-state index contributed by atoms with van der Waals surface area (Å²) in [5.74, 6) is 0.338. The maximum absolute atomic E-state index is 11.5. The van der Waals surface area contributed by atoms with E-state index < -0.39 is 4.92 Å². The Kier molecular flexibility index (Phi) is 4.59. The van der Waals surface area contributed by atoms with Crippen LogP contribution in [0.15, 0.2) is 24.3 Å². The monoisotopic (exact) mass is 328 g/mol. The van der Waals surface area contributed by atoms with E-state index in [1.807, 2.05) is 0 Å². The van der Waals surface area contributed by atoms with Crippen LogP contribution in [0.4, 0.5) is 11.6 Å². The van der Waals surface area contributed by atoms with Crippen molar-refractivity contribution in [1.82, 2.24) is 9.97 Å². The van der Waals surface area contributed by atoms with Crippen molar-refractivity contribution >= 4 is 11.6 Å². The first-order valence-electron chi connectivity index (χ1n) is 8.14. The third-order valence-electron chi connectivity index (χ3n) is 4.34. The zero-order valence-corrected chi connectivity index (χ0v) is 13.5. The van der Waals surface area contributed by atoms with Gasteiger partial charge in [0.25, 0.3) is 0 Å². The van der Waals surface area contributed by atoms with E-state index in [4.69, 9.17) is 0 Å². The van der Waals surface area contributed by atoms with Crippen molar-refractivity contribution in [2.75, 3.05) is 5.32 Å². The summed E-state index contributed by atoms with van der Waals surface area (Å²) >= 11 is 0. The number of phenolic OH excluding ortho intramolecular Hbond substituents is 1. The van der Waals surface area contributed by atoms with E-state index in [1.165, 1.54) is 12.5 Å². The van der Waals surface area contributed by atoms with Crippen LogP contribution < -0.4 is 5.32 Å². The summed E-state index contributed by atoms with van der Waals surface area (Å²) in [6.07, 6.45) is 5.66. The lowest BCUT2D eigenvalue weighted by atomic mass is 9.96. The molecule has 1 fully saturated rings. The molecule has 0 aliphatic heterocycles. The molecule has 1 aromatic heterocycles. The second-order valence-corrected chi connectivity index (χ2v) is 6.08. The lowest BCUT2D eigenvalue weighted by molar-refractivity contribution is -0.385. The van der Waals surface area contributed by atoms with E-state index in [-0.39, 0.29) is 28.9 Å². The highest BCUT2D eigenvalue weighted by Crippen LogP contribution is 2.36. The first-order chi connectivity index (χ1) is 11.6. The number of phenols is 1. The number of hydrogen-bond donors (Lipinski definition) is 2. The molecule has 1 aliphatic rings. The van der Waals surface area contributed by atoms with Crippen LogP contribution >= 0.6 is 0 Å². The smallest absolute Gasteiger partial charge is 0.316 e. The summed E-state index contributed by atoms with van der Waals surface area (Å²) in [7, 11) is 0. The van der Waals surface area contributed by atoms with E-state index in [0.717, 1.165) is 25.7 Å². The molecule has 7 nitrogen and oxygen atoms in total. The van der Waals surface area contributed by atoms with Crippen molar-refractivity contribution in [2.45, 2.75) is 45.1 Å². The van der Waals surface area contributed by atoms with Crippen LogP contribution in [0.5, 0.6) is 5.75 Å². The number of benzene rings is 1. The predicted octanol–water partition coefficient (Wildman–Crippen LogP) is 3.81. The highest BCUT2D eigenvalue weighted by molar-refractivity contribution is 5.76. The zero-order chi connectivity index (χ0) is 17.1. The number of para-hydroxylation sites is 1. The van der Waals surface area contributed by atoms with Gasteiger partial charge in [0.2, 0.25) is 5.95 Å². The van der Waals surface area contributed by atoms with Crippen LogP contribution in [0, 0.1) is 17.0 Å². The van der Waals surface area contributed by atoms with Crippen molar-refractivity contribution in [1.29, 1.82) is 0 Å². The van der Waals surface area contributed by atoms with E-state index in [9.17, 15) is 15.2 Å². The largest absolute Gasteiger partial charge is 0.507 e. The standard InChI is InChI=1S/C17H20N4O3/c1-11-16(21(23)24)15(13-9-5-6-10-14(13)22)20-17(18-11)19-12-7-3-2-4-8-12/h5-6,9-10,12,22H,2-4,7-8H2,1H3,(H,18,19,20). The maximum Gasteiger partial charge on any atom is 0.316 e. The fourth-order valence-corrected chi connectivity index (χ4v) is 3.14. The van der Waals surface area contributed by atoms with Crippen LogP contribution in [-0.2, 0) is 0 Å². The molecule has 3 rings (SSSR count). The van der Waals surface area contributed by atoms with Crippen LogP contribution in [0.1, 0.15) is 37.8 Å². The normalized spacial score (nSPS) is 15.2. The number of hydrogen-bond acceptors (Lipinski definition) is 6. The number of aryl methyl sites for hydroxylation is 1. The number of aromatic hydroxyl groups is 1. The number of nitro groups is 1. The molecule has 1 aliphatic carbocycles. The molecule has 7 heteroatoms. The molecular formula is C17H20N4O3. The van der Waals surface area contributed by atoms with Crippen LogP contribution in [0.3, 0.4) is 0 Å². The van der Waals surface area contributed by atoms with Crippen molar-refractivity contribution in [2.24, 2.45) is 0 Å². The summed E-state index contributed by atoms with van der Waals surface area (Å²) in [4.78, 5) is 19.6. The van der Waals surface area contributed by atoms with E-state index in [1.54, 1.807) is 25.1 Å². The Hall–Kier alpha value is -2.70. The van der Waals surface area contributed by atoms with Gasteiger partial charge in [-0.2, -0.15) is 0 Å². The van der Waals surface area contributed by atoms with Gasteiger partial charge in [-0.05, 0) is 31.9 Å². The SMILES string of the molecule is Cc1nc(NC2CCCCC2)nc(-c2ccccc2O)c1[N+](=O)[O-]. The highest BCUT2D eigenvalue weighted by Gasteiger charge is 2.25. The lowest BCUT2D eigenvalue weighted by Gasteiger charge is -2.23. The third-order valence-corrected chi connectivity index (χ3v) is 4.34. The Morgan fingerprint density at radius 1 is 1.21 bits per heavy atom. The summed E-state index contributed by atoms with van der Waals surface area (Å²) in [6, 6.07) is 6.78. The molecule has 0 radical (unpaired) electrons. The molecule has 0 saturated heterocycles. The summed E-state index contributed by atoms with van der Waals surface area (Å²) in [5.41, 5.74) is 0.586. The van der Waals surface area contributed by atoms with E-state index >= 15 is 0 Å². The molecular weight excluding hydrogens is 308 g/mol. The average Bonchev–Trinajstić information content (AvgIpc) is 2.55. The molecule has 2 N–H and O–H groups in total. The van der Waals surface area contributed by atoms with Gasteiger partial charge < -0.3 is 10.4 Å². The molecule has 0 atom stereocenters. The minimum atomic E-state index is -0.499. The molecule has 126 valence electrons. The molecule has 1 saturated carbocycles. The Morgan fingerprint density at radius 2 is 1.92 bits per heavy atom. The van der Waals surface area contributed by atoms with Crippen LogP contribution in [0.25, 0.3) is 11.3 Å². The molecule has 0 bridgehead atoms. The predicted molar refractivity (Wildman–Crippen MR) is 91.0 cm³/mol. The summed E-state index contributed by atoms with van der Waals surface area (Å²) in [6.45, 7) is 1.59. The van der Waals surface area contributed by atoms with Crippen molar-refractivity contribution < 1.29 is 10.0 Å². The van der Waals surface area contributed by atoms with Gasteiger partial charge in [0.05, 0.1) is 4.92 Å². The average molecular weight is 328 g/mol. The van der Waals surface area contributed by atoms with Crippen molar-refractivity contribution in [3.05, 3.63) is 40.1 Å². The lowest BCUT2D eigenvalue weighted by Crippen LogP contribution is -2.24. The quantitative estimate of drug-likeness (QED) is 0.653. The summed E-state index contributed by atoms with van der Waals surface area (Å²) in [5, 5.41) is 24.8. The second kappa shape index (κ2) is 6.82. The minimum absolute atomic E-state index is 0.0395. The highest BCUT2D eigenvalue weighted by atomic mass is 16.6. The molecule has 0 spiro atoms. The number of anilines is 1. The van der Waals surface area contributed by atoms with Gasteiger partial charge in [0.15, 0.2) is 5.69 Å². The molecule has 1 aromatic carbocycles. The first kappa shape index (κ1) is 16.2. The fraction of sp³-hybridized carbons (Fsp3) is 0.412. The number of nitrogens with zero attached hydrogens (tertiary/aromatic N) is 3. The minimum Gasteiger partial charge on any atom is -0.507 e. The Bertz CT molecular complexity index is 757. The van der Waals surface area contributed by atoms with Crippen LogP contribution in [-0.4, -0.2) is 26.0 Å². The van der Waals surface area contributed by atoms with Gasteiger partial charge in [-0.25, -0.2) is 9.97 Å². The second-order valence-electron chi connectivity index (χ2n) is 6.08. The Labute approximate surface area is 139 Å². The molecule has 24 heavy (non-hydrogen) atoms. The van der Waals surface area contributed by atoms with Gasteiger partial charge >= 0.3 is 5.69 Å². The number of aromatic nitrogens is 2. The van der Waals surface area contributed by atoms with Gasteiger partial charge in [-0.3, -0.25) is 10.1 Å².